The molecule has 2 fully saturated rings. The van der Waals surface area contributed by atoms with Crippen LogP contribution in [-0.4, -0.2) is 18.8 Å². The van der Waals surface area contributed by atoms with Crippen LogP contribution < -0.4 is 5.73 Å². The van der Waals surface area contributed by atoms with Crippen molar-refractivity contribution in [2.45, 2.75) is 69.9 Å². The highest BCUT2D eigenvalue weighted by atomic mass is 16.5. The van der Waals surface area contributed by atoms with E-state index in [1.807, 2.05) is 0 Å². The molecule has 0 radical (unpaired) electrons. The van der Waals surface area contributed by atoms with Crippen molar-refractivity contribution in [2.24, 2.45) is 11.7 Å². The summed E-state index contributed by atoms with van der Waals surface area (Å²) in [5.74, 6) is 0.828. The Morgan fingerprint density at radius 3 is 2.60 bits per heavy atom. The van der Waals surface area contributed by atoms with Crippen LogP contribution in [0.4, 0.5) is 0 Å². The van der Waals surface area contributed by atoms with Crippen LogP contribution in [0.15, 0.2) is 0 Å². The van der Waals surface area contributed by atoms with E-state index >= 15 is 0 Å². The Hall–Kier alpha value is -0.0800. The zero-order valence-electron chi connectivity index (χ0n) is 9.79. The zero-order valence-corrected chi connectivity index (χ0v) is 9.79. The van der Waals surface area contributed by atoms with Gasteiger partial charge in [0.1, 0.15) is 0 Å². The highest BCUT2D eigenvalue weighted by Gasteiger charge is 2.22. The fourth-order valence-corrected chi connectivity index (χ4v) is 3.07. The standard InChI is InChI=1S/C13H25NO/c14-13(11-5-1-2-6-11)9-3-7-12-8-4-10-15-12/h11-13H,1-10,14H2. The first kappa shape index (κ1) is 11.4. The van der Waals surface area contributed by atoms with E-state index in [9.17, 15) is 0 Å². The normalized spacial score (nSPS) is 29.8. The maximum atomic E-state index is 6.22. The SMILES string of the molecule is NC(CCCC1CCCO1)C1CCCC1. The summed E-state index contributed by atoms with van der Waals surface area (Å²) in [7, 11) is 0. The molecule has 2 N–H and O–H groups in total. The molecule has 2 atom stereocenters. The molecule has 15 heavy (non-hydrogen) atoms. The van der Waals surface area contributed by atoms with Crippen molar-refractivity contribution in [3.63, 3.8) is 0 Å². The van der Waals surface area contributed by atoms with Gasteiger partial charge in [-0.1, -0.05) is 12.8 Å². The summed E-state index contributed by atoms with van der Waals surface area (Å²) in [6.07, 6.45) is 12.4. The lowest BCUT2D eigenvalue weighted by Gasteiger charge is -2.19. The lowest BCUT2D eigenvalue weighted by Crippen LogP contribution is -2.28. The molecule has 0 spiro atoms. The average molecular weight is 211 g/mol. The molecule has 2 nitrogen and oxygen atoms in total. The third kappa shape index (κ3) is 3.46. The molecule has 1 aliphatic carbocycles. The lowest BCUT2D eigenvalue weighted by molar-refractivity contribution is 0.101. The second-order valence-electron chi connectivity index (χ2n) is 5.27. The Bertz CT molecular complexity index is 171. The second-order valence-corrected chi connectivity index (χ2v) is 5.27. The number of ether oxygens (including phenoxy) is 1. The van der Waals surface area contributed by atoms with Crippen molar-refractivity contribution in [2.75, 3.05) is 6.61 Å². The molecule has 0 aromatic rings. The van der Waals surface area contributed by atoms with E-state index in [4.69, 9.17) is 10.5 Å². The molecule has 2 unspecified atom stereocenters. The Morgan fingerprint density at radius 1 is 1.13 bits per heavy atom. The number of nitrogens with two attached hydrogens (primary N) is 1. The van der Waals surface area contributed by atoms with Crippen LogP contribution >= 0.6 is 0 Å². The van der Waals surface area contributed by atoms with Crippen LogP contribution in [0.25, 0.3) is 0 Å². The summed E-state index contributed by atoms with van der Waals surface area (Å²) < 4.78 is 5.62. The van der Waals surface area contributed by atoms with Crippen molar-refractivity contribution < 1.29 is 4.74 Å². The highest BCUT2D eigenvalue weighted by molar-refractivity contribution is 4.78. The van der Waals surface area contributed by atoms with Crippen molar-refractivity contribution in [3.8, 4) is 0 Å². The van der Waals surface area contributed by atoms with Crippen LogP contribution in [0.1, 0.15) is 57.8 Å². The number of hydrogen-bond donors (Lipinski definition) is 1. The quantitative estimate of drug-likeness (QED) is 0.759. The van der Waals surface area contributed by atoms with Gasteiger partial charge in [-0.15, -0.1) is 0 Å². The minimum absolute atomic E-state index is 0.467. The largest absolute Gasteiger partial charge is 0.378 e. The third-order valence-electron chi connectivity index (χ3n) is 4.09. The Kier molecular flexibility index (Phi) is 4.45. The Labute approximate surface area is 93.6 Å². The fourth-order valence-electron chi connectivity index (χ4n) is 3.07. The number of hydrogen-bond acceptors (Lipinski definition) is 2. The molecule has 2 aliphatic rings. The molecule has 2 rings (SSSR count). The first-order valence-electron chi connectivity index (χ1n) is 6.73. The van der Waals surface area contributed by atoms with Gasteiger partial charge in [0, 0.05) is 12.6 Å². The minimum Gasteiger partial charge on any atom is -0.378 e. The maximum absolute atomic E-state index is 6.22. The molecule has 0 aromatic heterocycles. The van der Waals surface area contributed by atoms with Gasteiger partial charge >= 0.3 is 0 Å². The topological polar surface area (TPSA) is 35.2 Å². The van der Waals surface area contributed by atoms with E-state index in [2.05, 4.69) is 0 Å². The van der Waals surface area contributed by atoms with Crippen molar-refractivity contribution in [1.82, 2.24) is 0 Å². The monoisotopic (exact) mass is 211 g/mol. The molecule has 2 heteroatoms. The van der Waals surface area contributed by atoms with E-state index in [0.717, 1.165) is 12.5 Å². The second kappa shape index (κ2) is 5.86. The van der Waals surface area contributed by atoms with Gasteiger partial charge in [-0.25, -0.2) is 0 Å². The van der Waals surface area contributed by atoms with Crippen LogP contribution in [0.5, 0.6) is 0 Å². The van der Waals surface area contributed by atoms with Crippen molar-refractivity contribution >= 4 is 0 Å². The first-order chi connectivity index (χ1) is 7.36. The maximum Gasteiger partial charge on any atom is 0.0576 e. The summed E-state index contributed by atoms with van der Waals surface area (Å²) in [5, 5.41) is 0. The molecule has 1 aliphatic heterocycles. The van der Waals surface area contributed by atoms with E-state index in [1.165, 1.54) is 57.8 Å². The molecule has 0 aromatic carbocycles. The smallest absolute Gasteiger partial charge is 0.0576 e. The predicted octanol–water partition coefficient (Wildman–Crippen LogP) is 2.85. The molecule has 0 amide bonds. The minimum atomic E-state index is 0.467. The van der Waals surface area contributed by atoms with E-state index in [0.29, 0.717) is 12.1 Å². The van der Waals surface area contributed by atoms with Crippen molar-refractivity contribution in [3.05, 3.63) is 0 Å². The number of rotatable bonds is 5. The molecule has 1 saturated heterocycles. The van der Waals surface area contributed by atoms with Gasteiger partial charge in [-0.05, 0) is 50.9 Å². The van der Waals surface area contributed by atoms with Gasteiger partial charge in [-0.2, -0.15) is 0 Å². The van der Waals surface area contributed by atoms with Gasteiger partial charge in [0.15, 0.2) is 0 Å². The molecular weight excluding hydrogens is 186 g/mol. The molecule has 88 valence electrons. The van der Waals surface area contributed by atoms with Gasteiger partial charge in [0.25, 0.3) is 0 Å². The third-order valence-corrected chi connectivity index (χ3v) is 4.09. The Morgan fingerprint density at radius 2 is 1.93 bits per heavy atom. The van der Waals surface area contributed by atoms with Crippen LogP contribution in [-0.2, 0) is 4.74 Å². The summed E-state index contributed by atoms with van der Waals surface area (Å²) >= 11 is 0. The van der Waals surface area contributed by atoms with Crippen LogP contribution in [0, 0.1) is 5.92 Å². The van der Waals surface area contributed by atoms with E-state index in [1.54, 1.807) is 0 Å². The zero-order chi connectivity index (χ0) is 10.5. The van der Waals surface area contributed by atoms with Crippen LogP contribution in [0.2, 0.25) is 0 Å². The highest BCUT2D eigenvalue weighted by Crippen LogP contribution is 2.29. The summed E-state index contributed by atoms with van der Waals surface area (Å²) in [4.78, 5) is 0. The van der Waals surface area contributed by atoms with Gasteiger partial charge in [-0.3, -0.25) is 0 Å². The molecule has 0 bridgehead atoms. The summed E-state index contributed by atoms with van der Waals surface area (Å²) in [6.45, 7) is 0.985. The average Bonchev–Trinajstić information content (AvgIpc) is 2.90. The summed E-state index contributed by atoms with van der Waals surface area (Å²) in [5.41, 5.74) is 6.22. The molecule has 1 saturated carbocycles. The van der Waals surface area contributed by atoms with Crippen LogP contribution in [0.3, 0.4) is 0 Å². The van der Waals surface area contributed by atoms with Gasteiger partial charge in [0.05, 0.1) is 6.10 Å². The van der Waals surface area contributed by atoms with Gasteiger partial charge in [0.2, 0.25) is 0 Å². The first-order valence-corrected chi connectivity index (χ1v) is 6.73. The predicted molar refractivity (Wildman–Crippen MR) is 62.8 cm³/mol. The van der Waals surface area contributed by atoms with E-state index in [-0.39, 0.29) is 0 Å². The van der Waals surface area contributed by atoms with Crippen molar-refractivity contribution in [1.29, 1.82) is 0 Å². The van der Waals surface area contributed by atoms with Gasteiger partial charge < -0.3 is 10.5 Å². The van der Waals surface area contributed by atoms with E-state index < -0.39 is 0 Å². The fraction of sp³-hybridized carbons (Fsp3) is 1.00. The lowest BCUT2D eigenvalue weighted by atomic mass is 9.93. The molecule has 1 heterocycles. The summed E-state index contributed by atoms with van der Waals surface area (Å²) in [6, 6.07) is 0.467. The molecular formula is C13H25NO. The Balaban J connectivity index is 1.56.